The Morgan fingerprint density at radius 1 is 1.44 bits per heavy atom. The number of hydrogen-bond donors (Lipinski definition) is 2. The number of ether oxygens (including phenoxy) is 1. The number of aromatic nitrogens is 1. The normalized spacial score (nSPS) is 11.8. The average Bonchev–Trinajstić information content (AvgIpc) is 2.64. The highest BCUT2D eigenvalue weighted by atomic mass is 16.5. The summed E-state index contributed by atoms with van der Waals surface area (Å²) < 4.78 is 4.86. The number of carbonyl (C=O) groups excluding carboxylic acids is 1. The number of para-hydroxylation sites is 1. The number of aryl methyl sites for hydroxylation is 1. The third-order valence-electron chi connectivity index (χ3n) is 2.74. The van der Waals surface area contributed by atoms with Crippen molar-refractivity contribution in [3.05, 3.63) is 41.6 Å². The third kappa shape index (κ3) is 2.22. The summed E-state index contributed by atoms with van der Waals surface area (Å²) in [5.74, 6) is -0.417. The van der Waals surface area contributed by atoms with Crippen LogP contribution >= 0.6 is 0 Å². The van der Waals surface area contributed by atoms with Crippen LogP contribution in [-0.4, -0.2) is 17.6 Å². The molecule has 2 rings (SSSR count). The zero-order valence-electron chi connectivity index (χ0n) is 10.5. The summed E-state index contributed by atoms with van der Waals surface area (Å²) >= 11 is 0. The Balaban J connectivity index is 2.47. The lowest BCUT2D eigenvalue weighted by Gasteiger charge is -2.02. The molecule has 0 spiro atoms. The van der Waals surface area contributed by atoms with E-state index in [1.165, 1.54) is 6.08 Å². The van der Waals surface area contributed by atoms with Gasteiger partial charge in [0.05, 0.1) is 6.61 Å². The van der Waals surface area contributed by atoms with Crippen LogP contribution in [0.25, 0.3) is 16.6 Å². The quantitative estimate of drug-likeness (QED) is 0.643. The molecule has 4 heteroatoms. The van der Waals surface area contributed by atoms with Crippen molar-refractivity contribution in [1.29, 1.82) is 0 Å². The molecular formula is C14H16N2O2. The van der Waals surface area contributed by atoms with E-state index in [0.717, 1.165) is 22.2 Å². The second-order valence-corrected chi connectivity index (χ2v) is 4.02. The molecule has 0 saturated heterocycles. The maximum Gasteiger partial charge on any atom is 0.332 e. The zero-order valence-corrected chi connectivity index (χ0v) is 10.5. The highest BCUT2D eigenvalue weighted by Gasteiger charge is 2.11. The second kappa shape index (κ2) is 4.96. The second-order valence-electron chi connectivity index (χ2n) is 4.02. The van der Waals surface area contributed by atoms with Crippen molar-refractivity contribution in [2.24, 2.45) is 5.73 Å². The first kappa shape index (κ1) is 12.2. The first-order chi connectivity index (χ1) is 8.63. The van der Waals surface area contributed by atoms with Crippen LogP contribution in [0.5, 0.6) is 0 Å². The third-order valence-corrected chi connectivity index (χ3v) is 2.74. The van der Waals surface area contributed by atoms with Gasteiger partial charge in [-0.2, -0.15) is 0 Å². The van der Waals surface area contributed by atoms with Gasteiger partial charge in [-0.15, -0.1) is 0 Å². The Bertz CT molecular complexity index is 611. The molecule has 94 valence electrons. The molecular weight excluding hydrogens is 228 g/mol. The number of carbonyl (C=O) groups is 1. The van der Waals surface area contributed by atoms with Crippen LogP contribution in [0, 0.1) is 6.92 Å². The lowest BCUT2D eigenvalue weighted by atomic mass is 10.1. The Hall–Kier alpha value is -2.23. The molecule has 0 fully saturated rings. The van der Waals surface area contributed by atoms with E-state index in [1.807, 2.05) is 31.2 Å². The van der Waals surface area contributed by atoms with Crippen LogP contribution in [0.2, 0.25) is 0 Å². The number of nitrogens with one attached hydrogen (secondary N) is 1. The van der Waals surface area contributed by atoms with Gasteiger partial charge >= 0.3 is 5.97 Å². The van der Waals surface area contributed by atoms with E-state index < -0.39 is 5.97 Å². The van der Waals surface area contributed by atoms with Gasteiger partial charge in [0, 0.05) is 33.9 Å². The summed E-state index contributed by atoms with van der Waals surface area (Å²) in [6.45, 7) is 4.04. The van der Waals surface area contributed by atoms with Crippen molar-refractivity contribution in [3.63, 3.8) is 0 Å². The van der Waals surface area contributed by atoms with Gasteiger partial charge in [-0.05, 0) is 19.9 Å². The minimum Gasteiger partial charge on any atom is -0.463 e. The number of esters is 1. The smallest absolute Gasteiger partial charge is 0.332 e. The summed E-state index contributed by atoms with van der Waals surface area (Å²) in [5.41, 5.74) is 9.20. The van der Waals surface area contributed by atoms with Gasteiger partial charge in [-0.3, -0.25) is 0 Å². The molecule has 1 heterocycles. The number of aromatic amines is 1. The van der Waals surface area contributed by atoms with E-state index in [2.05, 4.69) is 4.98 Å². The summed E-state index contributed by atoms with van der Waals surface area (Å²) in [6, 6.07) is 7.84. The number of nitrogens with two attached hydrogens (primary N) is 1. The first-order valence-corrected chi connectivity index (χ1v) is 5.85. The minimum absolute atomic E-state index is 0.343. The van der Waals surface area contributed by atoms with Gasteiger partial charge in [0.15, 0.2) is 0 Å². The Morgan fingerprint density at radius 2 is 2.17 bits per heavy atom. The van der Waals surface area contributed by atoms with Crippen LogP contribution in [0.4, 0.5) is 0 Å². The van der Waals surface area contributed by atoms with Crippen molar-refractivity contribution < 1.29 is 9.53 Å². The maximum atomic E-state index is 11.4. The molecule has 0 amide bonds. The molecule has 0 bridgehead atoms. The monoisotopic (exact) mass is 244 g/mol. The summed E-state index contributed by atoms with van der Waals surface area (Å²) in [5, 5.41) is 1.01. The summed E-state index contributed by atoms with van der Waals surface area (Å²) in [4.78, 5) is 14.6. The molecule has 18 heavy (non-hydrogen) atoms. The van der Waals surface area contributed by atoms with Crippen molar-refractivity contribution in [3.8, 4) is 0 Å². The maximum absolute atomic E-state index is 11.4. The number of H-pyrrole nitrogens is 1. The van der Waals surface area contributed by atoms with E-state index in [1.54, 1.807) is 6.92 Å². The van der Waals surface area contributed by atoms with E-state index in [9.17, 15) is 4.79 Å². The van der Waals surface area contributed by atoms with Gasteiger partial charge in [-0.25, -0.2) is 4.79 Å². The number of benzene rings is 1. The summed E-state index contributed by atoms with van der Waals surface area (Å²) in [7, 11) is 0. The van der Waals surface area contributed by atoms with Crippen molar-refractivity contribution in [2.75, 3.05) is 6.61 Å². The topological polar surface area (TPSA) is 68.1 Å². The van der Waals surface area contributed by atoms with Gasteiger partial charge < -0.3 is 15.5 Å². The number of rotatable bonds is 3. The van der Waals surface area contributed by atoms with Gasteiger partial charge in [0.1, 0.15) is 0 Å². The van der Waals surface area contributed by atoms with Crippen molar-refractivity contribution >= 4 is 22.6 Å². The lowest BCUT2D eigenvalue weighted by molar-refractivity contribution is -0.137. The molecule has 0 atom stereocenters. The molecule has 0 radical (unpaired) electrons. The molecule has 1 aromatic heterocycles. The fourth-order valence-corrected chi connectivity index (χ4v) is 2.03. The molecule has 0 unspecified atom stereocenters. The fourth-order valence-electron chi connectivity index (χ4n) is 2.03. The Morgan fingerprint density at radius 3 is 2.89 bits per heavy atom. The van der Waals surface area contributed by atoms with Gasteiger partial charge in [0.25, 0.3) is 0 Å². The van der Waals surface area contributed by atoms with E-state index in [0.29, 0.717) is 12.3 Å². The van der Waals surface area contributed by atoms with E-state index in [-0.39, 0.29) is 0 Å². The minimum atomic E-state index is -0.417. The number of hydrogen-bond acceptors (Lipinski definition) is 3. The van der Waals surface area contributed by atoms with Gasteiger partial charge in [-0.1, -0.05) is 18.2 Å². The Kier molecular flexibility index (Phi) is 3.37. The van der Waals surface area contributed by atoms with Crippen LogP contribution < -0.4 is 5.73 Å². The summed E-state index contributed by atoms with van der Waals surface area (Å²) in [6.07, 6.45) is 1.33. The Labute approximate surface area is 105 Å². The highest BCUT2D eigenvalue weighted by Crippen LogP contribution is 2.25. The van der Waals surface area contributed by atoms with Gasteiger partial charge in [0.2, 0.25) is 0 Å². The molecule has 0 aliphatic rings. The fraction of sp³-hybridized carbons (Fsp3) is 0.214. The molecule has 2 aromatic rings. The van der Waals surface area contributed by atoms with Crippen LogP contribution in [-0.2, 0) is 9.53 Å². The van der Waals surface area contributed by atoms with E-state index >= 15 is 0 Å². The molecule has 0 aliphatic heterocycles. The zero-order chi connectivity index (χ0) is 13.1. The molecule has 0 aliphatic carbocycles. The van der Waals surface area contributed by atoms with Crippen molar-refractivity contribution in [1.82, 2.24) is 4.98 Å². The van der Waals surface area contributed by atoms with Crippen molar-refractivity contribution in [2.45, 2.75) is 13.8 Å². The van der Waals surface area contributed by atoms with Crippen LogP contribution in [0.3, 0.4) is 0 Å². The van der Waals surface area contributed by atoms with E-state index in [4.69, 9.17) is 10.5 Å². The highest BCUT2D eigenvalue weighted by molar-refractivity contribution is 5.98. The predicted octanol–water partition coefficient (Wildman–Crippen LogP) is 2.34. The average molecular weight is 244 g/mol. The van der Waals surface area contributed by atoms with Crippen LogP contribution in [0.1, 0.15) is 18.2 Å². The standard InChI is InChI=1S/C14H16N2O2/c1-3-18-13(17)8-11(15)14-9(2)16-12-7-5-4-6-10(12)14/h4-8,16H,3,15H2,1-2H3/b11-8-. The predicted molar refractivity (Wildman–Crippen MR) is 71.8 cm³/mol. The SMILES string of the molecule is CCOC(=O)/C=C(\N)c1c(C)[nH]c2ccccc12. The molecule has 4 nitrogen and oxygen atoms in total. The largest absolute Gasteiger partial charge is 0.463 e. The molecule has 3 N–H and O–H groups in total. The van der Waals surface area contributed by atoms with Crippen LogP contribution in [0.15, 0.2) is 30.3 Å². The molecule has 1 aromatic carbocycles. The number of fused-ring (bicyclic) bond motifs is 1. The lowest BCUT2D eigenvalue weighted by Crippen LogP contribution is -2.05. The molecule has 0 saturated carbocycles. The first-order valence-electron chi connectivity index (χ1n) is 5.85.